The fourth-order valence-electron chi connectivity index (χ4n) is 1.72. The lowest BCUT2D eigenvalue weighted by Crippen LogP contribution is -1.98. The summed E-state index contributed by atoms with van der Waals surface area (Å²) in [4.78, 5) is 0. The van der Waals surface area contributed by atoms with Crippen molar-refractivity contribution < 1.29 is 9.26 Å². The molecule has 1 aromatic heterocycles. The highest BCUT2D eigenvalue weighted by Crippen LogP contribution is 2.31. The van der Waals surface area contributed by atoms with E-state index in [4.69, 9.17) is 15.0 Å². The van der Waals surface area contributed by atoms with E-state index in [9.17, 15) is 0 Å². The van der Waals surface area contributed by atoms with Crippen LogP contribution in [0.15, 0.2) is 35.0 Å². The monoisotopic (exact) mass is 230 g/mol. The first kappa shape index (κ1) is 10.2. The highest BCUT2D eigenvalue weighted by molar-refractivity contribution is 5.72. The van der Waals surface area contributed by atoms with Crippen LogP contribution >= 0.6 is 0 Å². The van der Waals surface area contributed by atoms with Gasteiger partial charge in [0.1, 0.15) is 5.75 Å². The molecule has 4 heteroatoms. The van der Waals surface area contributed by atoms with E-state index in [1.165, 1.54) is 12.8 Å². The van der Waals surface area contributed by atoms with Crippen molar-refractivity contribution in [2.75, 3.05) is 12.3 Å². The minimum absolute atomic E-state index is 0.337. The molecule has 88 valence electrons. The summed E-state index contributed by atoms with van der Waals surface area (Å²) in [6.45, 7) is 0.808. The average Bonchev–Trinajstić information content (AvgIpc) is 3.08. The van der Waals surface area contributed by atoms with E-state index in [0.717, 1.165) is 29.4 Å². The molecule has 0 unspecified atom stereocenters. The highest BCUT2D eigenvalue weighted by atomic mass is 16.5. The minimum atomic E-state index is 0.337. The summed E-state index contributed by atoms with van der Waals surface area (Å²) in [5.41, 5.74) is 7.46. The molecule has 0 radical (unpaired) electrons. The number of aromatic nitrogens is 1. The van der Waals surface area contributed by atoms with Gasteiger partial charge in [-0.1, -0.05) is 17.3 Å². The molecule has 0 spiro atoms. The van der Waals surface area contributed by atoms with Crippen LogP contribution in [0.3, 0.4) is 0 Å². The fourth-order valence-corrected chi connectivity index (χ4v) is 1.72. The van der Waals surface area contributed by atoms with Gasteiger partial charge in [0.05, 0.1) is 18.4 Å². The Morgan fingerprint density at radius 2 is 2.29 bits per heavy atom. The molecule has 1 saturated carbocycles. The van der Waals surface area contributed by atoms with Crippen LogP contribution in [0.4, 0.5) is 5.88 Å². The second kappa shape index (κ2) is 4.13. The summed E-state index contributed by atoms with van der Waals surface area (Å²) in [5.74, 6) is 1.96. The summed E-state index contributed by atoms with van der Waals surface area (Å²) < 4.78 is 10.6. The van der Waals surface area contributed by atoms with Crippen molar-refractivity contribution >= 4 is 5.88 Å². The summed E-state index contributed by atoms with van der Waals surface area (Å²) in [7, 11) is 0. The highest BCUT2D eigenvalue weighted by Gasteiger charge is 2.21. The van der Waals surface area contributed by atoms with Gasteiger partial charge in [-0.25, -0.2) is 0 Å². The van der Waals surface area contributed by atoms with Crippen LogP contribution in [0.25, 0.3) is 11.1 Å². The zero-order valence-corrected chi connectivity index (χ0v) is 9.43. The summed E-state index contributed by atoms with van der Waals surface area (Å²) in [5, 5.41) is 3.67. The van der Waals surface area contributed by atoms with Crippen LogP contribution in [-0.4, -0.2) is 11.8 Å². The van der Waals surface area contributed by atoms with Crippen molar-refractivity contribution in [3.63, 3.8) is 0 Å². The van der Waals surface area contributed by atoms with Gasteiger partial charge in [0.25, 0.3) is 0 Å². The Balaban J connectivity index is 1.80. The molecule has 1 fully saturated rings. The number of rotatable bonds is 4. The van der Waals surface area contributed by atoms with Gasteiger partial charge in [0, 0.05) is 0 Å². The van der Waals surface area contributed by atoms with Gasteiger partial charge >= 0.3 is 0 Å². The Hall–Kier alpha value is -1.97. The number of nitrogen functional groups attached to an aromatic ring is 1. The molecule has 0 atom stereocenters. The Morgan fingerprint density at radius 3 is 3.00 bits per heavy atom. The molecule has 4 nitrogen and oxygen atoms in total. The fraction of sp³-hybridized carbons (Fsp3) is 0.308. The van der Waals surface area contributed by atoms with Gasteiger partial charge in [-0.2, -0.15) is 0 Å². The third kappa shape index (κ3) is 2.25. The van der Waals surface area contributed by atoms with E-state index in [-0.39, 0.29) is 0 Å². The average molecular weight is 230 g/mol. The minimum Gasteiger partial charge on any atom is -0.493 e. The van der Waals surface area contributed by atoms with Gasteiger partial charge in [-0.3, -0.25) is 0 Å². The lowest BCUT2D eigenvalue weighted by Gasteiger charge is -2.06. The van der Waals surface area contributed by atoms with Crippen molar-refractivity contribution in [3.8, 4) is 16.9 Å². The summed E-state index contributed by atoms with van der Waals surface area (Å²) in [6.07, 6.45) is 4.20. The van der Waals surface area contributed by atoms with E-state index < -0.39 is 0 Å². The normalized spacial score (nSPS) is 14.8. The first-order valence-corrected chi connectivity index (χ1v) is 5.76. The first-order chi connectivity index (χ1) is 8.33. The molecule has 1 heterocycles. The van der Waals surface area contributed by atoms with Crippen LogP contribution in [0.1, 0.15) is 12.8 Å². The zero-order chi connectivity index (χ0) is 11.7. The van der Waals surface area contributed by atoms with E-state index in [0.29, 0.717) is 5.88 Å². The molecule has 2 N–H and O–H groups in total. The number of anilines is 1. The molecule has 2 aromatic rings. The number of ether oxygens (including phenoxy) is 1. The number of nitrogens with two attached hydrogens (primary N) is 1. The quantitative estimate of drug-likeness (QED) is 0.877. The third-order valence-electron chi connectivity index (χ3n) is 2.93. The summed E-state index contributed by atoms with van der Waals surface area (Å²) in [6, 6.07) is 7.83. The van der Waals surface area contributed by atoms with Gasteiger partial charge in [-0.05, 0) is 36.5 Å². The molecular weight excluding hydrogens is 216 g/mol. The van der Waals surface area contributed by atoms with E-state index >= 15 is 0 Å². The van der Waals surface area contributed by atoms with Crippen LogP contribution in [0.5, 0.6) is 5.75 Å². The molecule has 0 aliphatic heterocycles. The van der Waals surface area contributed by atoms with Crippen LogP contribution < -0.4 is 10.5 Å². The molecular formula is C13H14N2O2. The van der Waals surface area contributed by atoms with Gasteiger partial charge in [0.2, 0.25) is 5.88 Å². The Kier molecular flexibility index (Phi) is 2.48. The molecule has 1 aliphatic carbocycles. The number of hydrogen-bond acceptors (Lipinski definition) is 4. The lowest BCUT2D eigenvalue weighted by atomic mass is 10.1. The maximum absolute atomic E-state index is 5.72. The largest absolute Gasteiger partial charge is 0.493 e. The zero-order valence-electron chi connectivity index (χ0n) is 9.43. The topological polar surface area (TPSA) is 61.3 Å². The van der Waals surface area contributed by atoms with Gasteiger partial charge in [-0.15, -0.1) is 0 Å². The summed E-state index contributed by atoms with van der Waals surface area (Å²) >= 11 is 0. The molecule has 1 aromatic carbocycles. The maximum Gasteiger partial charge on any atom is 0.229 e. The molecule has 1 aliphatic rings. The predicted octanol–water partition coefficient (Wildman–Crippen LogP) is 2.71. The second-order valence-corrected chi connectivity index (χ2v) is 4.39. The number of nitrogens with zero attached hydrogens (tertiary/aromatic N) is 1. The smallest absolute Gasteiger partial charge is 0.229 e. The molecule has 0 bridgehead atoms. The van der Waals surface area contributed by atoms with Crippen molar-refractivity contribution in [3.05, 3.63) is 30.5 Å². The van der Waals surface area contributed by atoms with Gasteiger partial charge in [0.15, 0.2) is 0 Å². The Bertz CT molecular complexity index is 518. The van der Waals surface area contributed by atoms with Crippen molar-refractivity contribution in [2.45, 2.75) is 12.8 Å². The molecule has 3 rings (SSSR count). The predicted molar refractivity (Wildman–Crippen MR) is 64.6 cm³/mol. The van der Waals surface area contributed by atoms with Crippen molar-refractivity contribution in [2.24, 2.45) is 5.92 Å². The van der Waals surface area contributed by atoms with Crippen LogP contribution in [-0.2, 0) is 0 Å². The molecule has 0 amide bonds. The number of hydrogen-bond donors (Lipinski definition) is 1. The third-order valence-corrected chi connectivity index (χ3v) is 2.93. The van der Waals surface area contributed by atoms with Crippen LogP contribution in [0, 0.1) is 5.92 Å². The van der Waals surface area contributed by atoms with Crippen molar-refractivity contribution in [1.29, 1.82) is 0 Å². The number of benzene rings is 1. The maximum atomic E-state index is 5.72. The van der Waals surface area contributed by atoms with Gasteiger partial charge < -0.3 is 15.0 Å². The molecule has 17 heavy (non-hydrogen) atoms. The van der Waals surface area contributed by atoms with Crippen molar-refractivity contribution in [1.82, 2.24) is 5.16 Å². The SMILES string of the molecule is Nc1oncc1-c1cccc(OCC2CC2)c1. The van der Waals surface area contributed by atoms with E-state index in [1.54, 1.807) is 6.20 Å². The first-order valence-electron chi connectivity index (χ1n) is 5.76. The molecule has 0 saturated heterocycles. The van der Waals surface area contributed by atoms with Crippen LogP contribution in [0.2, 0.25) is 0 Å². The van der Waals surface area contributed by atoms with E-state index in [1.807, 2.05) is 24.3 Å². The standard InChI is InChI=1S/C13H14N2O2/c14-13-12(7-15-17-13)10-2-1-3-11(6-10)16-8-9-4-5-9/h1-3,6-7,9H,4-5,8,14H2. The second-order valence-electron chi connectivity index (χ2n) is 4.39. The Labute approximate surface area is 99.4 Å². The Morgan fingerprint density at radius 1 is 1.41 bits per heavy atom. The lowest BCUT2D eigenvalue weighted by molar-refractivity contribution is 0.300. The van der Waals surface area contributed by atoms with E-state index in [2.05, 4.69) is 5.16 Å².